The summed E-state index contributed by atoms with van der Waals surface area (Å²) >= 11 is 0. The zero-order chi connectivity index (χ0) is 11.4. The van der Waals surface area contributed by atoms with Gasteiger partial charge in [0.05, 0.1) is 13.2 Å². The summed E-state index contributed by atoms with van der Waals surface area (Å²) in [6.07, 6.45) is 2.46. The van der Waals surface area contributed by atoms with Crippen LogP contribution in [0.1, 0.15) is 18.6 Å². The summed E-state index contributed by atoms with van der Waals surface area (Å²) in [6, 6.07) is 0. The lowest BCUT2D eigenvalue weighted by molar-refractivity contribution is 0.122. The van der Waals surface area contributed by atoms with Crippen LogP contribution in [0.3, 0.4) is 0 Å². The van der Waals surface area contributed by atoms with E-state index in [9.17, 15) is 0 Å². The predicted molar refractivity (Wildman–Crippen MR) is 62.3 cm³/mol. The van der Waals surface area contributed by atoms with E-state index in [1.54, 1.807) is 6.08 Å². The minimum Gasteiger partial charge on any atom is -0.378 e. The van der Waals surface area contributed by atoms with Gasteiger partial charge in [0.1, 0.15) is 5.82 Å². The van der Waals surface area contributed by atoms with Crippen LogP contribution in [0.25, 0.3) is 6.08 Å². The second kappa shape index (κ2) is 5.03. The molecule has 0 spiro atoms. The van der Waals surface area contributed by atoms with Crippen molar-refractivity contribution in [2.75, 3.05) is 31.2 Å². The third-order valence-electron chi connectivity index (χ3n) is 2.48. The van der Waals surface area contributed by atoms with E-state index in [2.05, 4.69) is 26.4 Å². The monoisotopic (exact) mass is 220 g/mol. The summed E-state index contributed by atoms with van der Waals surface area (Å²) in [5, 5.41) is 0. The molecule has 2 rings (SSSR count). The van der Waals surface area contributed by atoms with Gasteiger partial charge < -0.3 is 9.64 Å². The fourth-order valence-electron chi connectivity index (χ4n) is 1.58. The Hall–Kier alpha value is -1.49. The van der Waals surface area contributed by atoms with E-state index in [1.807, 2.05) is 6.92 Å². The van der Waals surface area contributed by atoms with Crippen molar-refractivity contribution < 1.29 is 4.74 Å². The van der Waals surface area contributed by atoms with Crippen LogP contribution in [0.2, 0.25) is 0 Å². The van der Waals surface area contributed by atoms with Crippen molar-refractivity contribution in [2.24, 2.45) is 0 Å². The van der Waals surface area contributed by atoms with Crippen LogP contribution in [-0.4, -0.2) is 41.3 Å². The Morgan fingerprint density at radius 3 is 2.69 bits per heavy atom. The highest BCUT2D eigenvalue weighted by atomic mass is 16.5. The lowest BCUT2D eigenvalue weighted by atomic mass is 10.4. The van der Waals surface area contributed by atoms with Crippen molar-refractivity contribution in [3.8, 4) is 0 Å². The van der Waals surface area contributed by atoms with Gasteiger partial charge in [-0.05, 0) is 6.08 Å². The summed E-state index contributed by atoms with van der Waals surface area (Å²) in [5.74, 6) is 2.20. The maximum atomic E-state index is 5.30. The molecule has 5 heteroatoms. The molecule has 16 heavy (non-hydrogen) atoms. The molecular formula is C11H16N4O. The first kappa shape index (κ1) is 11.0. The van der Waals surface area contributed by atoms with Gasteiger partial charge in [0.15, 0.2) is 5.82 Å². The second-order valence-corrected chi connectivity index (χ2v) is 3.57. The summed E-state index contributed by atoms with van der Waals surface area (Å²) in [5.41, 5.74) is 0. The topological polar surface area (TPSA) is 51.1 Å². The Balaban J connectivity index is 2.27. The number of aromatic nitrogens is 3. The number of hydrogen-bond acceptors (Lipinski definition) is 5. The number of aryl methyl sites for hydroxylation is 1. The molecule has 0 aliphatic carbocycles. The summed E-state index contributed by atoms with van der Waals surface area (Å²) in [6.45, 7) is 8.87. The minimum atomic E-state index is 0.647. The van der Waals surface area contributed by atoms with Crippen LogP contribution in [0.5, 0.6) is 0 Å². The van der Waals surface area contributed by atoms with Crippen LogP contribution in [0.4, 0.5) is 5.95 Å². The van der Waals surface area contributed by atoms with Crippen molar-refractivity contribution in [2.45, 2.75) is 13.3 Å². The summed E-state index contributed by atoms with van der Waals surface area (Å²) in [4.78, 5) is 15.2. The highest BCUT2D eigenvalue weighted by Gasteiger charge is 2.15. The lowest BCUT2D eigenvalue weighted by Gasteiger charge is -2.26. The Bertz CT molecular complexity index is 374. The molecular weight excluding hydrogens is 204 g/mol. The first-order valence-corrected chi connectivity index (χ1v) is 5.53. The molecule has 1 aromatic heterocycles. The zero-order valence-electron chi connectivity index (χ0n) is 9.52. The van der Waals surface area contributed by atoms with E-state index in [0.717, 1.165) is 44.5 Å². The van der Waals surface area contributed by atoms with Crippen molar-refractivity contribution in [1.29, 1.82) is 0 Å². The fourth-order valence-corrected chi connectivity index (χ4v) is 1.58. The average molecular weight is 220 g/mol. The van der Waals surface area contributed by atoms with Gasteiger partial charge in [0, 0.05) is 19.5 Å². The van der Waals surface area contributed by atoms with E-state index in [1.165, 1.54) is 0 Å². The van der Waals surface area contributed by atoms with Gasteiger partial charge in [0.25, 0.3) is 0 Å². The number of hydrogen-bond donors (Lipinski definition) is 0. The molecule has 0 N–H and O–H groups in total. The molecule has 86 valence electrons. The van der Waals surface area contributed by atoms with Gasteiger partial charge in [-0.1, -0.05) is 13.5 Å². The lowest BCUT2D eigenvalue weighted by Crippen LogP contribution is -2.37. The summed E-state index contributed by atoms with van der Waals surface area (Å²) in [7, 11) is 0. The maximum Gasteiger partial charge on any atom is 0.229 e. The molecule has 1 fully saturated rings. The number of nitrogens with zero attached hydrogens (tertiary/aromatic N) is 4. The first-order chi connectivity index (χ1) is 7.83. The maximum absolute atomic E-state index is 5.30. The molecule has 1 aliphatic rings. The largest absolute Gasteiger partial charge is 0.378 e. The van der Waals surface area contributed by atoms with Crippen molar-refractivity contribution in [3.05, 3.63) is 18.2 Å². The van der Waals surface area contributed by atoms with Gasteiger partial charge in [-0.15, -0.1) is 0 Å². The normalized spacial score (nSPS) is 16.2. The van der Waals surface area contributed by atoms with Gasteiger partial charge in [-0.2, -0.15) is 9.97 Å². The zero-order valence-corrected chi connectivity index (χ0v) is 9.52. The van der Waals surface area contributed by atoms with Crippen molar-refractivity contribution in [1.82, 2.24) is 15.0 Å². The van der Waals surface area contributed by atoms with Crippen molar-refractivity contribution >= 4 is 12.0 Å². The molecule has 0 unspecified atom stereocenters. The molecule has 5 nitrogen and oxygen atoms in total. The van der Waals surface area contributed by atoms with Gasteiger partial charge in [0.2, 0.25) is 5.95 Å². The molecule has 2 heterocycles. The Labute approximate surface area is 95.2 Å². The number of rotatable bonds is 3. The average Bonchev–Trinajstić information content (AvgIpc) is 2.39. The number of ether oxygens (including phenoxy) is 1. The highest BCUT2D eigenvalue weighted by Crippen LogP contribution is 2.11. The first-order valence-electron chi connectivity index (χ1n) is 5.53. The molecule has 1 aromatic rings. The van der Waals surface area contributed by atoms with E-state index >= 15 is 0 Å². The summed E-state index contributed by atoms with van der Waals surface area (Å²) < 4.78 is 5.30. The molecule has 1 saturated heterocycles. The quantitative estimate of drug-likeness (QED) is 0.758. The molecule has 1 aliphatic heterocycles. The van der Waals surface area contributed by atoms with Gasteiger partial charge in [-0.25, -0.2) is 4.98 Å². The molecule has 0 saturated carbocycles. The molecule has 0 atom stereocenters. The van der Waals surface area contributed by atoms with Gasteiger partial charge >= 0.3 is 0 Å². The van der Waals surface area contributed by atoms with E-state index in [4.69, 9.17) is 4.74 Å². The van der Waals surface area contributed by atoms with E-state index in [0.29, 0.717) is 5.82 Å². The standard InChI is InChI=1S/C11H16N4O/c1-3-9-12-10(4-2)14-11(13-9)15-5-7-16-8-6-15/h3H,1,4-8H2,2H3. The van der Waals surface area contributed by atoms with Crippen molar-refractivity contribution in [3.63, 3.8) is 0 Å². The van der Waals surface area contributed by atoms with Crippen LogP contribution in [0.15, 0.2) is 6.58 Å². The smallest absolute Gasteiger partial charge is 0.229 e. The molecule has 0 amide bonds. The Kier molecular flexibility index (Phi) is 3.46. The van der Waals surface area contributed by atoms with Crippen LogP contribution >= 0.6 is 0 Å². The SMILES string of the molecule is C=Cc1nc(CC)nc(N2CCOCC2)n1. The second-order valence-electron chi connectivity index (χ2n) is 3.57. The third kappa shape index (κ3) is 2.36. The molecule has 0 radical (unpaired) electrons. The predicted octanol–water partition coefficient (Wildman–Crippen LogP) is 0.914. The Morgan fingerprint density at radius 1 is 1.31 bits per heavy atom. The third-order valence-corrected chi connectivity index (χ3v) is 2.48. The molecule has 0 bridgehead atoms. The number of anilines is 1. The molecule has 0 aromatic carbocycles. The van der Waals surface area contributed by atoms with Gasteiger partial charge in [-0.3, -0.25) is 0 Å². The Morgan fingerprint density at radius 2 is 2.06 bits per heavy atom. The van der Waals surface area contributed by atoms with E-state index in [-0.39, 0.29) is 0 Å². The van der Waals surface area contributed by atoms with Crippen LogP contribution in [0, 0.1) is 0 Å². The van der Waals surface area contributed by atoms with Crippen LogP contribution in [-0.2, 0) is 11.2 Å². The van der Waals surface area contributed by atoms with E-state index < -0.39 is 0 Å². The fraction of sp³-hybridized carbons (Fsp3) is 0.545. The van der Waals surface area contributed by atoms with Crippen LogP contribution < -0.4 is 4.90 Å². The minimum absolute atomic E-state index is 0.647. The highest BCUT2D eigenvalue weighted by molar-refractivity contribution is 5.41. The number of morpholine rings is 1.